The summed E-state index contributed by atoms with van der Waals surface area (Å²) in [4.78, 5) is 10.5. The van der Waals surface area contributed by atoms with Crippen LogP contribution in [-0.4, -0.2) is 18.6 Å². The lowest BCUT2D eigenvalue weighted by molar-refractivity contribution is -0.171. The predicted molar refractivity (Wildman–Crippen MR) is 57.0 cm³/mol. The Bertz CT molecular complexity index is 386. The van der Waals surface area contributed by atoms with Crippen molar-refractivity contribution >= 4 is 5.78 Å². The Hall–Kier alpha value is -1.52. The van der Waals surface area contributed by atoms with Crippen LogP contribution in [0, 0.1) is 6.92 Å². The number of ether oxygens (including phenoxy) is 1. The normalized spacial score (nSPS) is 11.3. The van der Waals surface area contributed by atoms with E-state index in [2.05, 4.69) is 0 Å². The molecular weight excluding hydrogens is 233 g/mol. The van der Waals surface area contributed by atoms with Gasteiger partial charge in [-0.25, -0.2) is 0 Å². The Morgan fingerprint density at radius 1 is 1.35 bits per heavy atom. The number of halogens is 3. The lowest BCUT2D eigenvalue weighted by Gasteiger charge is -2.07. The van der Waals surface area contributed by atoms with E-state index in [1.807, 2.05) is 13.0 Å². The summed E-state index contributed by atoms with van der Waals surface area (Å²) in [5, 5.41) is 0. The van der Waals surface area contributed by atoms with Gasteiger partial charge in [0.05, 0.1) is 6.61 Å². The largest absolute Gasteiger partial charge is 0.494 e. The molecule has 1 aromatic rings. The first-order valence-electron chi connectivity index (χ1n) is 5.19. The molecule has 1 aromatic carbocycles. The molecule has 0 saturated carbocycles. The summed E-state index contributed by atoms with van der Waals surface area (Å²) in [6.45, 7) is 1.99. The minimum absolute atomic E-state index is 0.0618. The number of alkyl halides is 3. The van der Waals surface area contributed by atoms with E-state index in [1.54, 1.807) is 18.2 Å². The minimum atomic E-state index is -4.73. The SMILES string of the molecule is Cc1cccc(OCCCC(=O)C(F)(F)F)c1. The monoisotopic (exact) mass is 246 g/mol. The van der Waals surface area contributed by atoms with Crippen molar-refractivity contribution in [2.45, 2.75) is 25.9 Å². The maximum absolute atomic E-state index is 11.9. The van der Waals surface area contributed by atoms with Crippen molar-refractivity contribution < 1.29 is 22.7 Å². The molecule has 0 aliphatic carbocycles. The molecule has 1 rings (SSSR count). The second-order valence-corrected chi connectivity index (χ2v) is 3.69. The quantitative estimate of drug-likeness (QED) is 0.745. The van der Waals surface area contributed by atoms with E-state index < -0.39 is 18.4 Å². The molecule has 17 heavy (non-hydrogen) atoms. The van der Waals surface area contributed by atoms with E-state index in [1.165, 1.54) is 0 Å². The Labute approximate surface area is 97.4 Å². The summed E-state index contributed by atoms with van der Waals surface area (Å²) < 4.78 is 40.8. The molecule has 0 N–H and O–H groups in total. The van der Waals surface area contributed by atoms with Crippen LogP contribution < -0.4 is 4.74 Å². The van der Waals surface area contributed by atoms with Crippen LogP contribution >= 0.6 is 0 Å². The van der Waals surface area contributed by atoms with Crippen molar-refractivity contribution in [3.05, 3.63) is 29.8 Å². The van der Waals surface area contributed by atoms with Gasteiger partial charge in [-0.3, -0.25) is 4.79 Å². The number of hydrogen-bond donors (Lipinski definition) is 0. The van der Waals surface area contributed by atoms with Crippen LogP contribution in [-0.2, 0) is 4.79 Å². The number of ketones is 1. The second kappa shape index (κ2) is 5.70. The summed E-state index contributed by atoms with van der Waals surface area (Å²) in [6.07, 6.45) is -5.20. The number of benzene rings is 1. The van der Waals surface area contributed by atoms with Gasteiger partial charge in [0, 0.05) is 6.42 Å². The van der Waals surface area contributed by atoms with E-state index in [9.17, 15) is 18.0 Å². The summed E-state index contributed by atoms with van der Waals surface area (Å²) in [5.41, 5.74) is 1.01. The van der Waals surface area contributed by atoms with Gasteiger partial charge in [-0.2, -0.15) is 13.2 Å². The number of hydrogen-bond acceptors (Lipinski definition) is 2. The lowest BCUT2D eigenvalue weighted by atomic mass is 10.2. The molecule has 0 amide bonds. The molecule has 0 unspecified atom stereocenters. The summed E-state index contributed by atoms with van der Waals surface area (Å²) in [5.74, 6) is -1.10. The van der Waals surface area contributed by atoms with Crippen LogP contribution in [0.5, 0.6) is 5.75 Å². The molecule has 0 heterocycles. The third-order valence-corrected chi connectivity index (χ3v) is 2.12. The average Bonchev–Trinajstić information content (AvgIpc) is 2.23. The Morgan fingerprint density at radius 3 is 2.65 bits per heavy atom. The number of carbonyl (C=O) groups is 1. The summed E-state index contributed by atoms with van der Waals surface area (Å²) in [7, 11) is 0. The highest BCUT2D eigenvalue weighted by Crippen LogP contribution is 2.19. The van der Waals surface area contributed by atoms with Gasteiger partial charge in [-0.1, -0.05) is 12.1 Å². The first-order chi connectivity index (χ1) is 7.89. The molecule has 5 heteroatoms. The molecule has 2 nitrogen and oxygen atoms in total. The van der Waals surface area contributed by atoms with Crippen molar-refractivity contribution in [3.8, 4) is 5.75 Å². The summed E-state index contributed by atoms with van der Waals surface area (Å²) in [6, 6.07) is 7.19. The molecule has 0 fully saturated rings. The van der Waals surface area contributed by atoms with Crippen LogP contribution in [0.3, 0.4) is 0 Å². The van der Waals surface area contributed by atoms with Crippen molar-refractivity contribution in [2.75, 3.05) is 6.61 Å². The third kappa shape index (κ3) is 4.89. The molecule has 0 atom stereocenters. The van der Waals surface area contributed by atoms with Crippen molar-refractivity contribution in [2.24, 2.45) is 0 Å². The van der Waals surface area contributed by atoms with Gasteiger partial charge in [0.2, 0.25) is 5.78 Å². The van der Waals surface area contributed by atoms with Crippen LogP contribution in [0.4, 0.5) is 13.2 Å². The first kappa shape index (κ1) is 13.5. The van der Waals surface area contributed by atoms with Crippen LogP contribution in [0.15, 0.2) is 24.3 Å². The molecule has 94 valence electrons. The van der Waals surface area contributed by atoms with Gasteiger partial charge in [0.25, 0.3) is 0 Å². The van der Waals surface area contributed by atoms with E-state index in [4.69, 9.17) is 4.74 Å². The van der Waals surface area contributed by atoms with E-state index in [-0.39, 0.29) is 13.0 Å². The second-order valence-electron chi connectivity index (χ2n) is 3.69. The maximum atomic E-state index is 11.9. The van der Waals surface area contributed by atoms with Crippen LogP contribution in [0.1, 0.15) is 18.4 Å². The topological polar surface area (TPSA) is 26.3 Å². The average molecular weight is 246 g/mol. The zero-order valence-corrected chi connectivity index (χ0v) is 9.38. The fraction of sp³-hybridized carbons (Fsp3) is 0.417. The predicted octanol–water partition coefficient (Wildman–Crippen LogP) is 3.29. The van der Waals surface area contributed by atoms with Crippen LogP contribution in [0.25, 0.3) is 0 Å². The third-order valence-electron chi connectivity index (χ3n) is 2.12. The molecule has 0 aliphatic rings. The Morgan fingerprint density at radius 2 is 2.06 bits per heavy atom. The molecule has 0 bridgehead atoms. The molecular formula is C12H13F3O2. The highest BCUT2D eigenvalue weighted by molar-refractivity contribution is 5.83. The fourth-order valence-corrected chi connectivity index (χ4v) is 1.27. The molecule has 0 aliphatic heterocycles. The highest BCUT2D eigenvalue weighted by Gasteiger charge is 2.37. The van der Waals surface area contributed by atoms with Gasteiger partial charge in [-0.05, 0) is 31.0 Å². The maximum Gasteiger partial charge on any atom is 0.449 e. The van der Waals surface area contributed by atoms with Gasteiger partial charge >= 0.3 is 6.18 Å². The van der Waals surface area contributed by atoms with E-state index >= 15 is 0 Å². The van der Waals surface area contributed by atoms with Gasteiger partial charge < -0.3 is 4.74 Å². The summed E-state index contributed by atoms with van der Waals surface area (Å²) >= 11 is 0. The molecule has 0 aromatic heterocycles. The molecule has 0 saturated heterocycles. The standard InChI is InChI=1S/C12H13F3O2/c1-9-4-2-5-10(8-9)17-7-3-6-11(16)12(13,14)15/h2,4-5,8H,3,6-7H2,1H3. The lowest BCUT2D eigenvalue weighted by Crippen LogP contribution is -2.22. The number of carbonyl (C=O) groups excluding carboxylic acids is 1. The number of aryl methyl sites for hydroxylation is 1. The Balaban J connectivity index is 2.28. The minimum Gasteiger partial charge on any atom is -0.494 e. The van der Waals surface area contributed by atoms with E-state index in [0.717, 1.165) is 5.56 Å². The first-order valence-corrected chi connectivity index (χ1v) is 5.19. The smallest absolute Gasteiger partial charge is 0.449 e. The van der Waals surface area contributed by atoms with Crippen molar-refractivity contribution in [1.29, 1.82) is 0 Å². The number of Topliss-reactive ketones (excluding diaryl/α,β-unsaturated/α-hetero) is 1. The molecule has 0 spiro atoms. The van der Waals surface area contributed by atoms with Crippen molar-refractivity contribution in [1.82, 2.24) is 0 Å². The molecule has 0 radical (unpaired) electrons. The van der Waals surface area contributed by atoms with Gasteiger partial charge in [0.15, 0.2) is 0 Å². The zero-order valence-electron chi connectivity index (χ0n) is 9.38. The van der Waals surface area contributed by atoms with Crippen molar-refractivity contribution in [3.63, 3.8) is 0 Å². The fourth-order valence-electron chi connectivity index (χ4n) is 1.27. The van der Waals surface area contributed by atoms with Crippen LogP contribution in [0.2, 0.25) is 0 Å². The highest BCUT2D eigenvalue weighted by atomic mass is 19.4. The number of rotatable bonds is 5. The zero-order chi connectivity index (χ0) is 12.9. The van der Waals surface area contributed by atoms with Gasteiger partial charge in [-0.15, -0.1) is 0 Å². The van der Waals surface area contributed by atoms with Gasteiger partial charge in [0.1, 0.15) is 5.75 Å². The van der Waals surface area contributed by atoms with E-state index in [0.29, 0.717) is 5.75 Å². The Kier molecular flexibility index (Phi) is 4.54.